The Labute approximate surface area is 241 Å². The highest BCUT2D eigenvalue weighted by Gasteiger charge is 2.29. The van der Waals surface area contributed by atoms with Crippen molar-refractivity contribution in [1.29, 1.82) is 0 Å². The van der Waals surface area contributed by atoms with E-state index in [9.17, 15) is 24.2 Å². The Morgan fingerprint density at radius 1 is 1.27 bits per heavy atom. The zero-order chi connectivity index (χ0) is 30.1. The highest BCUT2D eigenvalue weighted by atomic mass is 32.2. The fourth-order valence-electron chi connectivity index (χ4n) is 4.92. The quantitative estimate of drug-likeness (QED) is 0.237. The minimum atomic E-state index is -1.50. The Kier molecular flexibility index (Phi) is 11.8. The number of hydrogen-bond donors (Lipinski definition) is 2. The van der Waals surface area contributed by atoms with Crippen LogP contribution in [0.1, 0.15) is 59.1 Å². The Balaban J connectivity index is 0.00000226. The van der Waals surface area contributed by atoms with E-state index < -0.39 is 22.2 Å². The molecule has 0 aliphatic carbocycles. The lowest BCUT2D eigenvalue weighted by Gasteiger charge is -2.33. The molecule has 226 valence electrons. The number of piperidine rings is 1. The van der Waals surface area contributed by atoms with Crippen molar-refractivity contribution in [2.75, 3.05) is 26.3 Å². The van der Waals surface area contributed by atoms with Crippen LogP contribution in [0.2, 0.25) is 0 Å². The standard InChI is InChI=1S/C25H34N6O7S.C2H6/c1-4-6-19-22-23(29(3)28-19)25(33)27-24(26-22)18-15-17(7-8-21(18)37-5-2)39(36)30-12-9-16(10-13-30)20(32)11-14-38-31(34)35;1-2/h7-8,15-16,20,32H,4-6,9-14H2,1-3H3,(H,26,27,33);1-2H3. The Bertz CT molecular complexity index is 1400. The predicted octanol–water partition coefficient (Wildman–Crippen LogP) is 3.39. The first-order valence-corrected chi connectivity index (χ1v) is 15.2. The van der Waals surface area contributed by atoms with Crippen LogP contribution in [-0.2, 0) is 29.3 Å². The summed E-state index contributed by atoms with van der Waals surface area (Å²) in [6.45, 7) is 9.12. The summed E-state index contributed by atoms with van der Waals surface area (Å²) in [4.78, 5) is 35.8. The lowest BCUT2D eigenvalue weighted by molar-refractivity contribution is -0.758. The van der Waals surface area contributed by atoms with E-state index in [4.69, 9.17) is 9.72 Å². The van der Waals surface area contributed by atoms with Gasteiger partial charge < -0.3 is 19.7 Å². The third-order valence-corrected chi connectivity index (χ3v) is 8.34. The van der Waals surface area contributed by atoms with Crippen molar-refractivity contribution < 1.29 is 24.0 Å². The highest BCUT2D eigenvalue weighted by Crippen LogP contribution is 2.32. The minimum Gasteiger partial charge on any atom is -0.493 e. The summed E-state index contributed by atoms with van der Waals surface area (Å²) in [5.41, 5.74) is 1.90. The summed E-state index contributed by atoms with van der Waals surface area (Å²) in [6, 6.07) is 5.21. The van der Waals surface area contributed by atoms with Crippen molar-refractivity contribution in [3.05, 3.63) is 44.4 Å². The molecule has 14 heteroatoms. The molecule has 1 saturated heterocycles. The second-order valence-electron chi connectivity index (χ2n) is 9.45. The molecule has 41 heavy (non-hydrogen) atoms. The van der Waals surface area contributed by atoms with Crippen LogP contribution in [0, 0.1) is 16.0 Å². The number of rotatable bonds is 12. The number of fused-ring (bicyclic) bond motifs is 1. The van der Waals surface area contributed by atoms with Gasteiger partial charge in [0.05, 0.1) is 35.5 Å². The van der Waals surface area contributed by atoms with E-state index >= 15 is 0 Å². The summed E-state index contributed by atoms with van der Waals surface area (Å²) in [5.74, 6) is 0.779. The van der Waals surface area contributed by atoms with E-state index in [1.54, 1.807) is 29.9 Å². The van der Waals surface area contributed by atoms with Gasteiger partial charge in [0.1, 0.15) is 28.1 Å². The summed E-state index contributed by atoms with van der Waals surface area (Å²) < 4.78 is 22.7. The summed E-state index contributed by atoms with van der Waals surface area (Å²) in [5, 5.41) is 24.3. The van der Waals surface area contributed by atoms with Gasteiger partial charge in [-0.3, -0.25) is 9.48 Å². The van der Waals surface area contributed by atoms with Gasteiger partial charge in [0.25, 0.3) is 10.6 Å². The van der Waals surface area contributed by atoms with Gasteiger partial charge in [-0.25, -0.2) is 13.5 Å². The number of hydrogen-bond acceptors (Lipinski definition) is 9. The number of nitrogens with zero attached hydrogens (tertiary/aromatic N) is 5. The van der Waals surface area contributed by atoms with Gasteiger partial charge in [0.2, 0.25) is 0 Å². The molecule has 2 N–H and O–H groups in total. The second kappa shape index (κ2) is 15.0. The number of benzene rings is 1. The van der Waals surface area contributed by atoms with Crippen molar-refractivity contribution in [3.63, 3.8) is 0 Å². The molecule has 4 rings (SSSR count). The van der Waals surface area contributed by atoms with Crippen LogP contribution in [0.15, 0.2) is 27.9 Å². The molecule has 0 bridgehead atoms. The number of aromatic amines is 1. The van der Waals surface area contributed by atoms with Gasteiger partial charge in [0, 0.05) is 20.1 Å². The van der Waals surface area contributed by atoms with E-state index in [-0.39, 0.29) is 24.5 Å². The number of ether oxygens (including phenoxy) is 1. The molecule has 1 aromatic carbocycles. The monoisotopic (exact) mass is 592 g/mol. The third kappa shape index (κ3) is 7.68. The normalized spacial score (nSPS) is 15.7. The van der Waals surface area contributed by atoms with Gasteiger partial charge in [0.15, 0.2) is 5.52 Å². The summed E-state index contributed by atoms with van der Waals surface area (Å²) in [6.07, 6.45) is 2.19. The molecule has 2 atom stereocenters. The topological polar surface area (TPSA) is 166 Å². The van der Waals surface area contributed by atoms with Crippen molar-refractivity contribution in [2.45, 2.75) is 70.8 Å². The SMILES string of the molecule is CC.CCCc1nn(C)c2c(=O)[nH]c(-c3cc(S(=O)N4CCC(C(O)CCO[N+](=O)[O-])CC4)ccc3OCC)nc12. The number of H-pyrrole nitrogens is 1. The fourth-order valence-corrected chi connectivity index (χ4v) is 6.17. The lowest BCUT2D eigenvalue weighted by Crippen LogP contribution is -2.39. The molecule has 13 nitrogen and oxygen atoms in total. The lowest BCUT2D eigenvalue weighted by atomic mass is 9.91. The molecule has 1 aliphatic heterocycles. The number of aliphatic hydroxyl groups excluding tert-OH is 1. The molecule has 1 fully saturated rings. The molecular formula is C27H40N6O7S. The first kappa shape index (κ1) is 32.2. The van der Waals surface area contributed by atoms with Gasteiger partial charge in [-0.2, -0.15) is 5.10 Å². The molecule has 0 saturated carbocycles. The van der Waals surface area contributed by atoms with Crippen LogP contribution in [0.3, 0.4) is 0 Å². The second-order valence-corrected chi connectivity index (χ2v) is 10.9. The van der Waals surface area contributed by atoms with Crippen molar-refractivity contribution >= 4 is 22.0 Å². The third-order valence-electron chi connectivity index (χ3n) is 6.84. The Morgan fingerprint density at radius 3 is 2.61 bits per heavy atom. The zero-order valence-corrected chi connectivity index (χ0v) is 25.1. The van der Waals surface area contributed by atoms with E-state index in [1.807, 2.05) is 32.0 Å². The van der Waals surface area contributed by atoms with Gasteiger partial charge in [-0.05, 0) is 56.7 Å². The number of aliphatic hydroxyl groups is 1. The van der Waals surface area contributed by atoms with Gasteiger partial charge >= 0.3 is 0 Å². The van der Waals surface area contributed by atoms with Crippen molar-refractivity contribution in [2.24, 2.45) is 13.0 Å². The molecule has 3 aromatic rings. The fraction of sp³-hybridized carbons (Fsp3) is 0.593. The van der Waals surface area contributed by atoms with Crippen LogP contribution in [0.5, 0.6) is 5.75 Å². The average Bonchev–Trinajstić information content (AvgIpc) is 3.29. The van der Waals surface area contributed by atoms with E-state index in [0.717, 1.165) is 12.1 Å². The van der Waals surface area contributed by atoms with Crippen LogP contribution >= 0.6 is 0 Å². The maximum Gasteiger partial charge on any atom is 0.294 e. The van der Waals surface area contributed by atoms with Crippen molar-refractivity contribution in [3.8, 4) is 17.1 Å². The predicted molar refractivity (Wildman–Crippen MR) is 155 cm³/mol. The first-order valence-electron chi connectivity index (χ1n) is 14.1. The molecular weight excluding hydrogens is 552 g/mol. The Hall–Kier alpha value is -3.36. The maximum atomic E-state index is 13.5. The Morgan fingerprint density at radius 2 is 1.98 bits per heavy atom. The van der Waals surface area contributed by atoms with E-state index in [2.05, 4.69) is 14.9 Å². The van der Waals surface area contributed by atoms with E-state index in [0.29, 0.717) is 72.0 Å². The van der Waals surface area contributed by atoms with Crippen LogP contribution in [0.25, 0.3) is 22.4 Å². The number of nitrogens with one attached hydrogen (secondary N) is 1. The van der Waals surface area contributed by atoms with Crippen LogP contribution in [-0.4, -0.2) is 70.9 Å². The van der Waals surface area contributed by atoms with Gasteiger partial charge in [-0.15, -0.1) is 10.1 Å². The molecule has 0 radical (unpaired) electrons. The molecule has 3 heterocycles. The van der Waals surface area contributed by atoms with Gasteiger partial charge in [-0.1, -0.05) is 27.2 Å². The molecule has 2 aromatic heterocycles. The maximum absolute atomic E-state index is 13.5. The number of aromatic nitrogens is 4. The first-order chi connectivity index (χ1) is 19.7. The zero-order valence-electron chi connectivity index (χ0n) is 24.3. The van der Waals surface area contributed by atoms with Crippen LogP contribution in [0.4, 0.5) is 0 Å². The molecule has 0 amide bonds. The minimum absolute atomic E-state index is 0.0534. The summed E-state index contributed by atoms with van der Waals surface area (Å²) >= 11 is 0. The molecule has 0 spiro atoms. The number of aryl methyl sites for hydroxylation is 2. The average molecular weight is 593 g/mol. The molecule has 1 aliphatic rings. The van der Waals surface area contributed by atoms with E-state index in [1.165, 1.54) is 0 Å². The molecule has 2 unspecified atom stereocenters. The van der Waals surface area contributed by atoms with Crippen LogP contribution < -0.4 is 10.3 Å². The smallest absolute Gasteiger partial charge is 0.294 e. The highest BCUT2D eigenvalue weighted by molar-refractivity contribution is 7.82. The largest absolute Gasteiger partial charge is 0.493 e. The van der Waals surface area contributed by atoms with Crippen molar-refractivity contribution in [1.82, 2.24) is 24.1 Å². The summed E-state index contributed by atoms with van der Waals surface area (Å²) in [7, 11) is 0.223.